The standard InChI is InChI=1S/C27H35BrO3Si/c1-27(2,3)32(24-17-9-5-10-18-24,25-19-11-6-12-20-25)31-23(15-8-7-13-22-28)16-14-21-26(29)30-4/h5-13,15,17-20,23H,14,16,21-22H2,1-4H3/b13-7-,15-8+. The van der Waals surface area contributed by atoms with Gasteiger partial charge >= 0.3 is 5.97 Å². The van der Waals surface area contributed by atoms with Crippen molar-refractivity contribution >= 4 is 40.6 Å². The SMILES string of the molecule is COC(=O)CCCC(/C=C/C=C\CBr)O[Si](c1ccccc1)(c1ccccc1)C(C)(C)C. The average molecular weight is 516 g/mol. The van der Waals surface area contributed by atoms with E-state index in [0.717, 1.165) is 11.8 Å². The van der Waals surface area contributed by atoms with Crippen LogP contribution >= 0.6 is 15.9 Å². The third kappa shape index (κ3) is 7.02. The normalized spacial score (nSPS) is 13.5. The first-order chi connectivity index (χ1) is 15.3. The molecule has 0 bridgehead atoms. The van der Waals surface area contributed by atoms with Crippen molar-refractivity contribution in [1.82, 2.24) is 0 Å². The highest BCUT2D eigenvalue weighted by atomic mass is 79.9. The highest BCUT2D eigenvalue weighted by molar-refractivity contribution is 9.09. The Hall–Kier alpha value is -1.95. The highest BCUT2D eigenvalue weighted by Crippen LogP contribution is 2.38. The van der Waals surface area contributed by atoms with Gasteiger partial charge in [0.05, 0.1) is 13.2 Å². The molecule has 1 unspecified atom stereocenters. The van der Waals surface area contributed by atoms with Crippen LogP contribution in [0.15, 0.2) is 85.0 Å². The molecule has 172 valence electrons. The first-order valence-electron chi connectivity index (χ1n) is 11.1. The number of alkyl halides is 1. The molecule has 5 heteroatoms. The van der Waals surface area contributed by atoms with Crippen LogP contribution in [-0.4, -0.2) is 32.8 Å². The average Bonchev–Trinajstić information content (AvgIpc) is 2.80. The molecule has 0 amide bonds. The summed E-state index contributed by atoms with van der Waals surface area (Å²) in [4.78, 5) is 11.7. The molecule has 0 aromatic heterocycles. The lowest BCUT2D eigenvalue weighted by Crippen LogP contribution is -2.67. The molecule has 2 aromatic carbocycles. The summed E-state index contributed by atoms with van der Waals surface area (Å²) in [7, 11) is -1.23. The molecule has 0 saturated heterocycles. The summed E-state index contributed by atoms with van der Waals surface area (Å²) in [6.07, 6.45) is 9.97. The molecule has 0 N–H and O–H groups in total. The Balaban J connectivity index is 2.52. The molecule has 0 spiro atoms. The van der Waals surface area contributed by atoms with E-state index in [1.165, 1.54) is 17.5 Å². The van der Waals surface area contributed by atoms with Crippen LogP contribution in [0.25, 0.3) is 0 Å². The smallest absolute Gasteiger partial charge is 0.305 e. The van der Waals surface area contributed by atoms with E-state index >= 15 is 0 Å². The summed E-state index contributed by atoms with van der Waals surface area (Å²) in [6, 6.07) is 21.3. The van der Waals surface area contributed by atoms with Crippen molar-refractivity contribution < 1.29 is 14.0 Å². The summed E-state index contributed by atoms with van der Waals surface area (Å²) >= 11 is 3.42. The Kier molecular flexibility index (Phi) is 10.6. The third-order valence-corrected chi connectivity index (χ3v) is 10.9. The van der Waals surface area contributed by atoms with E-state index < -0.39 is 8.32 Å². The number of ether oxygens (including phenoxy) is 1. The van der Waals surface area contributed by atoms with Crippen LogP contribution in [0, 0.1) is 0 Å². The lowest BCUT2D eigenvalue weighted by molar-refractivity contribution is -0.140. The van der Waals surface area contributed by atoms with E-state index in [1.807, 2.05) is 18.2 Å². The third-order valence-electron chi connectivity index (χ3n) is 5.50. The number of allylic oxidation sites excluding steroid dienone is 3. The second kappa shape index (κ2) is 12.9. The number of benzene rings is 2. The summed E-state index contributed by atoms with van der Waals surface area (Å²) in [6.45, 7) is 6.83. The fraction of sp³-hybridized carbons (Fsp3) is 0.370. The molecule has 0 radical (unpaired) electrons. The first-order valence-corrected chi connectivity index (χ1v) is 14.1. The molecular formula is C27H35BrO3Si. The highest BCUT2D eigenvalue weighted by Gasteiger charge is 2.51. The van der Waals surface area contributed by atoms with Gasteiger partial charge in [0, 0.05) is 11.8 Å². The van der Waals surface area contributed by atoms with Crippen LogP contribution in [0.3, 0.4) is 0 Å². The van der Waals surface area contributed by atoms with Crippen molar-refractivity contribution in [2.75, 3.05) is 12.4 Å². The maximum atomic E-state index is 11.7. The Morgan fingerprint density at radius 1 is 1.00 bits per heavy atom. The van der Waals surface area contributed by atoms with Crippen molar-refractivity contribution in [1.29, 1.82) is 0 Å². The molecule has 0 heterocycles. The number of esters is 1. The monoisotopic (exact) mass is 514 g/mol. The van der Waals surface area contributed by atoms with Crippen molar-refractivity contribution in [3.63, 3.8) is 0 Å². The Morgan fingerprint density at radius 2 is 1.56 bits per heavy atom. The molecular weight excluding hydrogens is 480 g/mol. The van der Waals surface area contributed by atoms with Crippen molar-refractivity contribution in [3.8, 4) is 0 Å². The van der Waals surface area contributed by atoms with E-state index in [4.69, 9.17) is 9.16 Å². The molecule has 0 aliphatic heterocycles. The van der Waals surface area contributed by atoms with Gasteiger partial charge in [-0.2, -0.15) is 0 Å². The molecule has 0 fully saturated rings. The van der Waals surface area contributed by atoms with Crippen LogP contribution < -0.4 is 10.4 Å². The van der Waals surface area contributed by atoms with Gasteiger partial charge in [0.25, 0.3) is 8.32 Å². The van der Waals surface area contributed by atoms with Gasteiger partial charge < -0.3 is 9.16 Å². The summed E-state index contributed by atoms with van der Waals surface area (Å²) in [5.41, 5.74) is 0. The molecule has 2 rings (SSSR count). The second-order valence-electron chi connectivity index (χ2n) is 8.76. The van der Waals surface area contributed by atoms with Gasteiger partial charge in [-0.1, -0.05) is 122 Å². The number of rotatable bonds is 11. The van der Waals surface area contributed by atoms with E-state index in [1.54, 1.807) is 0 Å². The minimum absolute atomic E-state index is 0.101. The Labute approximate surface area is 202 Å². The van der Waals surface area contributed by atoms with E-state index in [-0.39, 0.29) is 17.1 Å². The Bertz CT molecular complexity index is 833. The van der Waals surface area contributed by atoms with E-state index in [9.17, 15) is 4.79 Å². The van der Waals surface area contributed by atoms with Crippen molar-refractivity contribution in [3.05, 3.63) is 85.0 Å². The fourth-order valence-corrected chi connectivity index (χ4v) is 8.86. The number of hydrogen-bond donors (Lipinski definition) is 0. The lowest BCUT2D eigenvalue weighted by Gasteiger charge is -2.44. The van der Waals surface area contributed by atoms with Gasteiger partial charge in [-0.15, -0.1) is 0 Å². The number of carbonyl (C=O) groups is 1. The summed E-state index contributed by atoms with van der Waals surface area (Å²) < 4.78 is 12.1. The maximum absolute atomic E-state index is 11.7. The molecule has 1 atom stereocenters. The number of hydrogen-bond acceptors (Lipinski definition) is 3. The van der Waals surface area contributed by atoms with Crippen LogP contribution in [0.5, 0.6) is 0 Å². The largest absolute Gasteiger partial charge is 0.469 e. The van der Waals surface area contributed by atoms with Gasteiger partial charge in [0.15, 0.2) is 0 Å². The van der Waals surface area contributed by atoms with Crippen molar-refractivity contribution in [2.24, 2.45) is 0 Å². The predicted octanol–water partition coefficient (Wildman–Crippen LogP) is 5.78. The quantitative estimate of drug-likeness (QED) is 0.165. The molecule has 3 nitrogen and oxygen atoms in total. The zero-order valence-electron chi connectivity index (χ0n) is 19.6. The van der Waals surface area contributed by atoms with Gasteiger partial charge in [0.2, 0.25) is 0 Å². The summed E-state index contributed by atoms with van der Waals surface area (Å²) in [5, 5.41) is 3.21. The Morgan fingerprint density at radius 3 is 2.03 bits per heavy atom. The minimum Gasteiger partial charge on any atom is -0.469 e. The van der Waals surface area contributed by atoms with Gasteiger partial charge in [0.1, 0.15) is 0 Å². The van der Waals surface area contributed by atoms with Crippen LogP contribution in [0.4, 0.5) is 0 Å². The molecule has 32 heavy (non-hydrogen) atoms. The zero-order valence-corrected chi connectivity index (χ0v) is 22.2. The van der Waals surface area contributed by atoms with Crippen LogP contribution in [0.1, 0.15) is 40.0 Å². The molecule has 0 saturated carbocycles. The van der Waals surface area contributed by atoms with E-state index in [0.29, 0.717) is 12.8 Å². The summed E-state index contributed by atoms with van der Waals surface area (Å²) in [5.74, 6) is -0.183. The fourth-order valence-electron chi connectivity index (χ4n) is 3.98. The molecule has 2 aromatic rings. The van der Waals surface area contributed by atoms with Crippen LogP contribution in [0.2, 0.25) is 5.04 Å². The lowest BCUT2D eigenvalue weighted by atomic mass is 10.1. The zero-order chi connectivity index (χ0) is 23.5. The van der Waals surface area contributed by atoms with Gasteiger partial charge in [-0.25, -0.2) is 0 Å². The number of carbonyl (C=O) groups excluding carboxylic acids is 1. The van der Waals surface area contributed by atoms with Gasteiger partial charge in [-0.3, -0.25) is 4.79 Å². The molecule has 0 aliphatic rings. The number of halogens is 1. The minimum atomic E-state index is -2.67. The van der Waals surface area contributed by atoms with Crippen LogP contribution in [-0.2, 0) is 14.0 Å². The predicted molar refractivity (Wildman–Crippen MR) is 140 cm³/mol. The van der Waals surface area contributed by atoms with Gasteiger partial charge in [-0.05, 0) is 28.3 Å². The first kappa shape index (κ1) is 26.3. The van der Waals surface area contributed by atoms with Crippen molar-refractivity contribution in [2.45, 2.75) is 51.2 Å². The van der Waals surface area contributed by atoms with E-state index in [2.05, 4.69) is 103 Å². The topological polar surface area (TPSA) is 35.5 Å². The second-order valence-corrected chi connectivity index (χ2v) is 13.7. The molecule has 0 aliphatic carbocycles. The number of methoxy groups -OCH3 is 1. The maximum Gasteiger partial charge on any atom is 0.305 e.